The maximum atomic E-state index is 11.8. The summed E-state index contributed by atoms with van der Waals surface area (Å²) in [7, 11) is 1.41. The summed E-state index contributed by atoms with van der Waals surface area (Å²) >= 11 is 0. The van der Waals surface area contributed by atoms with Gasteiger partial charge in [-0.2, -0.15) is 0 Å². The minimum atomic E-state index is -0.274. The molecule has 3 heteroatoms. The Balaban J connectivity index is 2.15. The molecular weight excluding hydrogens is 240 g/mol. The zero-order chi connectivity index (χ0) is 13.8. The first-order valence-corrected chi connectivity index (χ1v) is 6.81. The number of carbonyl (C=O) groups excluding carboxylic acids is 2. The van der Waals surface area contributed by atoms with Crippen LogP contribution in [0.1, 0.15) is 54.4 Å². The SMILES string of the molecule is COC(=O)c1ccccc1C1CCC(C(C)=O)CC1. The van der Waals surface area contributed by atoms with E-state index in [1.165, 1.54) is 7.11 Å². The molecule has 0 spiro atoms. The van der Waals surface area contributed by atoms with Gasteiger partial charge in [-0.1, -0.05) is 18.2 Å². The average Bonchev–Trinajstić information content (AvgIpc) is 2.46. The Morgan fingerprint density at radius 1 is 1.11 bits per heavy atom. The molecule has 1 aromatic rings. The van der Waals surface area contributed by atoms with Crippen molar-refractivity contribution in [3.63, 3.8) is 0 Å². The number of ketones is 1. The number of hydrogen-bond donors (Lipinski definition) is 0. The summed E-state index contributed by atoms with van der Waals surface area (Å²) in [4.78, 5) is 23.2. The van der Waals surface area contributed by atoms with Crippen molar-refractivity contribution in [3.05, 3.63) is 35.4 Å². The molecule has 1 aliphatic rings. The highest BCUT2D eigenvalue weighted by Crippen LogP contribution is 2.37. The van der Waals surface area contributed by atoms with Crippen LogP contribution in [-0.4, -0.2) is 18.9 Å². The molecular formula is C16H20O3. The van der Waals surface area contributed by atoms with Crippen LogP contribution in [0.5, 0.6) is 0 Å². The highest BCUT2D eigenvalue weighted by atomic mass is 16.5. The van der Waals surface area contributed by atoms with Gasteiger partial charge >= 0.3 is 5.97 Å². The van der Waals surface area contributed by atoms with E-state index in [4.69, 9.17) is 4.74 Å². The van der Waals surface area contributed by atoms with Crippen molar-refractivity contribution >= 4 is 11.8 Å². The minimum absolute atomic E-state index is 0.210. The third kappa shape index (κ3) is 3.03. The molecule has 19 heavy (non-hydrogen) atoms. The van der Waals surface area contributed by atoms with Crippen LogP contribution in [0.3, 0.4) is 0 Å². The Bertz CT molecular complexity index is 471. The van der Waals surface area contributed by atoms with E-state index in [1.807, 2.05) is 24.3 Å². The fraction of sp³-hybridized carbons (Fsp3) is 0.500. The number of carbonyl (C=O) groups is 2. The summed E-state index contributed by atoms with van der Waals surface area (Å²) in [6.07, 6.45) is 3.79. The Morgan fingerprint density at radius 3 is 2.32 bits per heavy atom. The lowest BCUT2D eigenvalue weighted by atomic mass is 9.76. The number of hydrogen-bond acceptors (Lipinski definition) is 3. The van der Waals surface area contributed by atoms with E-state index in [0.717, 1.165) is 31.2 Å². The first kappa shape index (κ1) is 13.8. The van der Waals surface area contributed by atoms with Crippen molar-refractivity contribution in [3.8, 4) is 0 Å². The van der Waals surface area contributed by atoms with Crippen LogP contribution in [0, 0.1) is 5.92 Å². The van der Waals surface area contributed by atoms with E-state index in [0.29, 0.717) is 17.3 Å². The monoisotopic (exact) mass is 260 g/mol. The van der Waals surface area contributed by atoms with Crippen molar-refractivity contribution in [1.29, 1.82) is 0 Å². The zero-order valence-electron chi connectivity index (χ0n) is 11.5. The van der Waals surface area contributed by atoms with Crippen LogP contribution in [0.2, 0.25) is 0 Å². The third-order valence-corrected chi connectivity index (χ3v) is 4.11. The molecule has 0 heterocycles. The van der Waals surface area contributed by atoms with E-state index in [2.05, 4.69) is 0 Å². The van der Waals surface area contributed by atoms with E-state index < -0.39 is 0 Å². The lowest BCUT2D eigenvalue weighted by Crippen LogP contribution is -2.20. The summed E-state index contributed by atoms with van der Waals surface area (Å²) in [5.41, 5.74) is 1.73. The molecule has 2 rings (SSSR count). The molecule has 0 N–H and O–H groups in total. The molecule has 0 atom stereocenters. The standard InChI is InChI=1S/C16H20O3/c1-11(17)12-7-9-13(10-8-12)14-5-3-4-6-15(14)16(18)19-2/h3-6,12-13H,7-10H2,1-2H3. The molecule has 0 aromatic heterocycles. The zero-order valence-corrected chi connectivity index (χ0v) is 11.5. The van der Waals surface area contributed by atoms with Gasteiger partial charge in [0.1, 0.15) is 5.78 Å². The number of methoxy groups -OCH3 is 1. The van der Waals surface area contributed by atoms with Crippen molar-refractivity contribution in [2.75, 3.05) is 7.11 Å². The number of esters is 1. The van der Waals surface area contributed by atoms with Crippen LogP contribution < -0.4 is 0 Å². The van der Waals surface area contributed by atoms with Crippen molar-refractivity contribution in [1.82, 2.24) is 0 Å². The van der Waals surface area contributed by atoms with Crippen LogP contribution >= 0.6 is 0 Å². The second-order valence-corrected chi connectivity index (χ2v) is 5.24. The Morgan fingerprint density at radius 2 is 1.74 bits per heavy atom. The summed E-state index contributed by atoms with van der Waals surface area (Å²) in [5.74, 6) is 0.594. The Hall–Kier alpha value is -1.64. The summed E-state index contributed by atoms with van der Waals surface area (Å²) in [6, 6.07) is 7.64. The maximum absolute atomic E-state index is 11.8. The molecule has 0 unspecified atom stereocenters. The van der Waals surface area contributed by atoms with Gasteiger partial charge in [0.05, 0.1) is 12.7 Å². The molecule has 0 amide bonds. The summed E-state index contributed by atoms with van der Waals surface area (Å²) in [6.45, 7) is 1.67. The van der Waals surface area contributed by atoms with Gasteiger partial charge in [0.2, 0.25) is 0 Å². The number of ether oxygens (including phenoxy) is 1. The van der Waals surface area contributed by atoms with Gasteiger partial charge in [0.25, 0.3) is 0 Å². The topological polar surface area (TPSA) is 43.4 Å². The van der Waals surface area contributed by atoms with Gasteiger partial charge in [0.15, 0.2) is 0 Å². The normalized spacial score (nSPS) is 22.8. The van der Waals surface area contributed by atoms with Gasteiger partial charge in [0, 0.05) is 5.92 Å². The lowest BCUT2D eigenvalue weighted by molar-refractivity contribution is -0.121. The third-order valence-electron chi connectivity index (χ3n) is 4.11. The molecule has 0 bridgehead atoms. The van der Waals surface area contributed by atoms with Crippen LogP contribution in [0.25, 0.3) is 0 Å². The highest BCUT2D eigenvalue weighted by Gasteiger charge is 2.27. The van der Waals surface area contributed by atoms with E-state index >= 15 is 0 Å². The molecule has 0 aliphatic heterocycles. The summed E-state index contributed by atoms with van der Waals surface area (Å²) in [5, 5.41) is 0. The first-order valence-electron chi connectivity index (χ1n) is 6.81. The Kier molecular flexibility index (Phi) is 4.35. The van der Waals surface area contributed by atoms with Crippen molar-refractivity contribution in [2.45, 2.75) is 38.5 Å². The fourth-order valence-electron chi connectivity index (χ4n) is 2.96. The fourth-order valence-corrected chi connectivity index (χ4v) is 2.96. The lowest BCUT2D eigenvalue weighted by Gasteiger charge is -2.28. The largest absolute Gasteiger partial charge is 0.465 e. The molecule has 1 aromatic carbocycles. The second-order valence-electron chi connectivity index (χ2n) is 5.24. The number of Topliss-reactive ketones (excluding diaryl/α,β-unsaturated/α-hetero) is 1. The maximum Gasteiger partial charge on any atom is 0.338 e. The average molecular weight is 260 g/mol. The van der Waals surface area contributed by atoms with Gasteiger partial charge in [-0.05, 0) is 50.2 Å². The predicted molar refractivity (Wildman–Crippen MR) is 73.2 cm³/mol. The quantitative estimate of drug-likeness (QED) is 0.783. The smallest absolute Gasteiger partial charge is 0.338 e. The predicted octanol–water partition coefficient (Wildman–Crippen LogP) is 3.34. The van der Waals surface area contributed by atoms with E-state index in [-0.39, 0.29) is 11.9 Å². The highest BCUT2D eigenvalue weighted by molar-refractivity contribution is 5.91. The van der Waals surface area contributed by atoms with Crippen LogP contribution in [0.15, 0.2) is 24.3 Å². The van der Waals surface area contributed by atoms with Crippen molar-refractivity contribution in [2.24, 2.45) is 5.92 Å². The summed E-state index contributed by atoms with van der Waals surface area (Å²) < 4.78 is 4.83. The van der Waals surface area contributed by atoms with Crippen molar-refractivity contribution < 1.29 is 14.3 Å². The molecule has 1 aliphatic carbocycles. The molecule has 0 saturated heterocycles. The second kappa shape index (κ2) is 6.00. The molecule has 102 valence electrons. The number of rotatable bonds is 3. The minimum Gasteiger partial charge on any atom is -0.465 e. The van der Waals surface area contributed by atoms with Crippen LogP contribution in [-0.2, 0) is 9.53 Å². The van der Waals surface area contributed by atoms with Crippen LogP contribution in [0.4, 0.5) is 0 Å². The molecule has 0 radical (unpaired) electrons. The van der Waals surface area contributed by atoms with Gasteiger partial charge in [-0.25, -0.2) is 4.79 Å². The Labute approximate surface area is 114 Å². The van der Waals surface area contributed by atoms with Gasteiger partial charge in [-0.3, -0.25) is 4.79 Å². The molecule has 3 nitrogen and oxygen atoms in total. The number of benzene rings is 1. The van der Waals surface area contributed by atoms with Gasteiger partial charge in [-0.15, -0.1) is 0 Å². The van der Waals surface area contributed by atoms with E-state index in [9.17, 15) is 9.59 Å². The van der Waals surface area contributed by atoms with Gasteiger partial charge < -0.3 is 4.74 Å². The molecule has 1 saturated carbocycles. The van der Waals surface area contributed by atoms with E-state index in [1.54, 1.807) is 6.92 Å². The first-order chi connectivity index (χ1) is 9.13. The molecule has 1 fully saturated rings.